The number of nitrogens with two attached hydrogens (primary N) is 1. The van der Waals surface area contributed by atoms with E-state index in [0.29, 0.717) is 27.2 Å². The average molecular weight is 596 g/mol. The molecule has 0 spiro atoms. The lowest BCUT2D eigenvalue weighted by Crippen LogP contribution is -2.09. The van der Waals surface area contributed by atoms with E-state index < -0.39 is 41.0 Å². The summed E-state index contributed by atoms with van der Waals surface area (Å²) in [5.41, 5.74) is 6.83. The zero-order valence-corrected chi connectivity index (χ0v) is 22.2. The van der Waals surface area contributed by atoms with Gasteiger partial charge in [-0.2, -0.15) is 30.4 Å². The van der Waals surface area contributed by atoms with Crippen molar-refractivity contribution in [1.29, 1.82) is 0 Å². The van der Waals surface area contributed by atoms with Crippen molar-refractivity contribution in [3.05, 3.63) is 60.7 Å². The number of ether oxygens (including phenoxy) is 1. The first-order valence-corrected chi connectivity index (χ1v) is 15.5. The van der Waals surface area contributed by atoms with Gasteiger partial charge in [-0.15, -0.1) is 5.11 Å². The predicted octanol–water partition coefficient (Wildman–Crippen LogP) is 4.14. The first-order chi connectivity index (χ1) is 18.1. The van der Waals surface area contributed by atoms with Crippen molar-refractivity contribution >= 4 is 69.0 Å². The summed E-state index contributed by atoms with van der Waals surface area (Å²) in [5.74, 6) is -0.497. The van der Waals surface area contributed by atoms with E-state index >= 15 is 0 Å². The van der Waals surface area contributed by atoms with Crippen LogP contribution in [0, 0.1) is 0 Å². The Balaban J connectivity index is 1.71. The largest absolute Gasteiger partial charge is 0.493 e. The monoisotopic (exact) mass is 595 g/mol. The fraction of sp³-hybridized carbons (Fsp3) is 0.130. The molecule has 0 saturated carbocycles. The van der Waals surface area contributed by atoms with Crippen molar-refractivity contribution in [1.82, 2.24) is 0 Å². The van der Waals surface area contributed by atoms with Gasteiger partial charge >= 0.3 is 0 Å². The van der Waals surface area contributed by atoms with Crippen LogP contribution in [0.3, 0.4) is 0 Å². The molecule has 16 heteroatoms. The predicted molar refractivity (Wildman–Crippen MR) is 143 cm³/mol. The topological polar surface area (TPSA) is 223 Å². The van der Waals surface area contributed by atoms with Gasteiger partial charge in [-0.05, 0) is 60.3 Å². The van der Waals surface area contributed by atoms with E-state index in [9.17, 15) is 34.4 Å². The molecular weight excluding hydrogens is 574 g/mol. The van der Waals surface area contributed by atoms with Gasteiger partial charge in [0, 0.05) is 27.9 Å². The molecule has 4 rings (SSSR count). The van der Waals surface area contributed by atoms with Crippen LogP contribution in [0.25, 0.3) is 21.5 Å². The maximum absolute atomic E-state index is 11.8. The number of anilines is 1. The first kappa shape index (κ1) is 28.3. The van der Waals surface area contributed by atoms with Crippen molar-refractivity contribution in [3.8, 4) is 5.75 Å². The highest BCUT2D eigenvalue weighted by atomic mass is 32.2. The number of fused-ring (bicyclic) bond motifs is 2. The number of rotatable bonds is 9. The maximum Gasteiger partial charge on any atom is 0.294 e. The third-order valence-electron chi connectivity index (χ3n) is 5.54. The zero-order valence-electron chi connectivity index (χ0n) is 19.8. The molecule has 0 aliphatic rings. The fourth-order valence-corrected chi connectivity index (χ4v) is 5.26. The van der Waals surface area contributed by atoms with E-state index in [1.54, 1.807) is 18.2 Å². The Morgan fingerprint density at radius 3 is 2.08 bits per heavy atom. The van der Waals surface area contributed by atoms with Crippen molar-refractivity contribution in [2.75, 3.05) is 18.1 Å². The number of hydrogen-bond acceptors (Lipinski definition) is 10. The van der Waals surface area contributed by atoms with Crippen LogP contribution >= 0.6 is 0 Å². The van der Waals surface area contributed by atoms with Crippen LogP contribution in [0.4, 0.5) is 17.1 Å². The Morgan fingerprint density at radius 2 is 1.41 bits per heavy atom. The highest BCUT2D eigenvalue weighted by Crippen LogP contribution is 2.35. The second kappa shape index (κ2) is 10.5. The summed E-state index contributed by atoms with van der Waals surface area (Å²) in [7, 11) is -13.3. The molecule has 0 radical (unpaired) electrons. The minimum absolute atomic E-state index is 0.0538. The molecule has 5 N–H and O–H groups in total. The molecule has 0 saturated heterocycles. The molecule has 0 aromatic heterocycles. The molecule has 0 atom stereocenters. The summed E-state index contributed by atoms with van der Waals surface area (Å²) in [6, 6.07) is 13.8. The van der Waals surface area contributed by atoms with Crippen molar-refractivity contribution in [2.24, 2.45) is 10.2 Å². The molecule has 4 aromatic carbocycles. The van der Waals surface area contributed by atoms with Gasteiger partial charge in [-0.3, -0.25) is 13.7 Å². The van der Waals surface area contributed by atoms with Gasteiger partial charge in [-0.1, -0.05) is 6.07 Å². The minimum atomic E-state index is -4.62. The lowest BCUT2D eigenvalue weighted by Gasteiger charge is -2.11. The van der Waals surface area contributed by atoms with Gasteiger partial charge in [0.1, 0.15) is 5.75 Å². The van der Waals surface area contributed by atoms with Gasteiger partial charge in [-0.25, -0.2) is 0 Å². The SMILES string of the molecule is Nc1ccc(N=Nc2ccc3c(OCCCS(=O)(=O)O)cc(S(=O)(=O)O)cc3c2)c2ccc(S(=O)(=O)O)cc12. The number of nitrogen functional groups attached to an aromatic ring is 1. The highest BCUT2D eigenvalue weighted by molar-refractivity contribution is 7.86. The van der Waals surface area contributed by atoms with E-state index in [1.807, 2.05) is 0 Å². The van der Waals surface area contributed by atoms with Crippen LogP contribution in [-0.2, 0) is 30.4 Å². The van der Waals surface area contributed by atoms with Crippen molar-refractivity contribution < 1.29 is 43.6 Å². The summed E-state index contributed by atoms with van der Waals surface area (Å²) in [5, 5.41) is 9.90. The molecule has 0 fully saturated rings. The Morgan fingerprint density at radius 1 is 0.718 bits per heavy atom. The van der Waals surface area contributed by atoms with Crippen LogP contribution in [-0.4, -0.2) is 51.3 Å². The van der Waals surface area contributed by atoms with Crippen LogP contribution in [0.2, 0.25) is 0 Å². The van der Waals surface area contributed by atoms with Gasteiger partial charge in [0.05, 0.1) is 33.5 Å². The first-order valence-electron chi connectivity index (χ1n) is 11.0. The smallest absolute Gasteiger partial charge is 0.294 e. The second-order valence-electron chi connectivity index (χ2n) is 8.35. The molecule has 13 nitrogen and oxygen atoms in total. The molecule has 0 amide bonds. The van der Waals surface area contributed by atoms with Gasteiger partial charge < -0.3 is 10.5 Å². The Hall–Kier alpha value is -3.67. The van der Waals surface area contributed by atoms with E-state index in [1.165, 1.54) is 36.4 Å². The third kappa shape index (κ3) is 6.86. The standard InChI is InChI=1S/C23H21N3O10S3/c24-21-6-7-22(19-5-3-16(12-20(19)21)38(30,31)32)26-25-15-2-4-18-14(10-15)11-17(39(33,34)35)13-23(18)36-8-1-9-37(27,28)29/h2-7,10-13H,1,8-9,24H2,(H,27,28,29)(H,30,31,32)(H,33,34,35). The van der Waals surface area contributed by atoms with Crippen molar-refractivity contribution in [3.63, 3.8) is 0 Å². The Bertz CT molecular complexity index is 1960. The van der Waals surface area contributed by atoms with Crippen LogP contribution in [0.5, 0.6) is 5.75 Å². The fourth-order valence-electron chi connectivity index (χ4n) is 3.74. The number of benzene rings is 4. The Kier molecular flexibility index (Phi) is 7.61. The van der Waals surface area contributed by atoms with E-state index in [0.717, 1.165) is 6.07 Å². The second-order valence-corrected chi connectivity index (χ2v) is 12.8. The van der Waals surface area contributed by atoms with Gasteiger partial charge in [0.2, 0.25) is 0 Å². The van der Waals surface area contributed by atoms with Gasteiger partial charge in [0.15, 0.2) is 0 Å². The highest BCUT2D eigenvalue weighted by Gasteiger charge is 2.16. The summed E-state index contributed by atoms with van der Waals surface area (Å²) in [6.07, 6.45) is -0.0655. The molecule has 0 aliphatic heterocycles. The molecule has 4 aromatic rings. The van der Waals surface area contributed by atoms with Crippen molar-refractivity contribution in [2.45, 2.75) is 16.2 Å². The summed E-state index contributed by atoms with van der Waals surface area (Å²) in [4.78, 5) is -0.802. The van der Waals surface area contributed by atoms with Crippen LogP contribution in [0.1, 0.15) is 6.42 Å². The summed E-state index contributed by atoms with van der Waals surface area (Å²) in [6.45, 7) is -0.158. The van der Waals surface area contributed by atoms with Crippen LogP contribution < -0.4 is 10.5 Å². The molecule has 0 bridgehead atoms. The molecular formula is C23H21N3O10S3. The molecule has 0 aliphatic carbocycles. The number of hydrogen-bond donors (Lipinski definition) is 4. The quantitative estimate of drug-likeness (QED) is 0.0931. The zero-order chi connectivity index (χ0) is 28.6. The number of azo groups is 1. The maximum atomic E-state index is 11.8. The normalized spacial score (nSPS) is 12.9. The third-order valence-corrected chi connectivity index (χ3v) is 8.03. The lowest BCUT2D eigenvalue weighted by molar-refractivity contribution is 0.319. The minimum Gasteiger partial charge on any atom is -0.493 e. The van der Waals surface area contributed by atoms with E-state index in [4.69, 9.17) is 15.0 Å². The molecule has 39 heavy (non-hydrogen) atoms. The van der Waals surface area contributed by atoms with E-state index in [-0.39, 0.29) is 35.0 Å². The average Bonchev–Trinajstić information content (AvgIpc) is 2.84. The summed E-state index contributed by atoms with van der Waals surface area (Å²) < 4.78 is 102. The van der Waals surface area contributed by atoms with Gasteiger partial charge in [0.25, 0.3) is 30.4 Å². The lowest BCUT2D eigenvalue weighted by atomic mass is 10.1. The Labute approximate surface area is 223 Å². The molecule has 0 heterocycles. The number of nitrogens with zero attached hydrogens (tertiary/aromatic N) is 2. The van der Waals surface area contributed by atoms with E-state index in [2.05, 4.69) is 10.2 Å². The van der Waals surface area contributed by atoms with Crippen LogP contribution in [0.15, 0.2) is 80.7 Å². The molecule has 206 valence electrons. The summed E-state index contributed by atoms with van der Waals surface area (Å²) >= 11 is 0. The molecule has 0 unspecified atom stereocenters.